The average Bonchev–Trinajstić information content (AvgIpc) is 3.36. The number of rotatable bonds is 5. The van der Waals surface area contributed by atoms with E-state index in [0.717, 1.165) is 30.0 Å². The summed E-state index contributed by atoms with van der Waals surface area (Å²) >= 11 is 0. The van der Waals surface area contributed by atoms with Crippen molar-refractivity contribution in [2.45, 2.75) is 13.8 Å². The molecule has 9 heteroatoms. The van der Waals surface area contributed by atoms with Gasteiger partial charge in [-0.05, 0) is 74.7 Å². The summed E-state index contributed by atoms with van der Waals surface area (Å²) in [4.78, 5) is 26.8. The molecule has 1 saturated heterocycles. The Morgan fingerprint density at radius 1 is 1.08 bits per heavy atom. The third kappa shape index (κ3) is 4.62. The lowest BCUT2D eigenvalue weighted by Crippen LogP contribution is -2.18. The highest BCUT2D eigenvalue weighted by Crippen LogP contribution is 2.50. The molecule has 0 radical (unpaired) electrons. The van der Waals surface area contributed by atoms with E-state index in [1.54, 1.807) is 12.3 Å². The van der Waals surface area contributed by atoms with Gasteiger partial charge in [0, 0.05) is 41.8 Å². The molecule has 6 rings (SSSR count). The van der Waals surface area contributed by atoms with Gasteiger partial charge in [-0.15, -0.1) is 0 Å². The number of nitro groups is 1. The zero-order valence-electron chi connectivity index (χ0n) is 21.3. The number of pyridine rings is 1. The lowest BCUT2D eigenvalue weighted by molar-refractivity contribution is -0.385. The van der Waals surface area contributed by atoms with Crippen LogP contribution in [0.1, 0.15) is 16.8 Å². The zero-order chi connectivity index (χ0) is 26.4. The van der Waals surface area contributed by atoms with Crippen molar-refractivity contribution in [3.8, 4) is 23.3 Å². The molecule has 3 heterocycles. The van der Waals surface area contributed by atoms with Crippen LogP contribution in [0.4, 0.5) is 17.2 Å². The van der Waals surface area contributed by atoms with Crippen LogP contribution in [0.25, 0.3) is 10.9 Å². The molecule has 9 nitrogen and oxygen atoms in total. The third-order valence-electron chi connectivity index (χ3n) is 7.25. The summed E-state index contributed by atoms with van der Waals surface area (Å²) in [5.41, 5.74) is 3.54. The second-order valence-electron chi connectivity index (χ2n) is 10.1. The second kappa shape index (κ2) is 9.39. The first-order valence-electron chi connectivity index (χ1n) is 12.5. The van der Waals surface area contributed by atoms with Gasteiger partial charge in [0.05, 0.1) is 16.6 Å². The SMILES string of the molecule is Cc1ccc(Oc2ccc(Nc3ncnc4cc(C#C[C@@H]5[C@H]6CN(C)C[C@@H]56)c([N+](=O)[O-])cc34)cc2C)cn1. The van der Waals surface area contributed by atoms with Crippen molar-refractivity contribution >= 4 is 28.1 Å². The number of likely N-dealkylation sites (tertiary alicyclic amines) is 1. The van der Waals surface area contributed by atoms with Gasteiger partial charge in [-0.25, -0.2) is 9.97 Å². The molecule has 1 aliphatic heterocycles. The molecule has 0 unspecified atom stereocenters. The van der Waals surface area contributed by atoms with E-state index in [1.807, 2.05) is 44.2 Å². The van der Waals surface area contributed by atoms with E-state index in [0.29, 0.717) is 51.5 Å². The number of fused-ring (bicyclic) bond motifs is 2. The number of hydrogen-bond acceptors (Lipinski definition) is 8. The van der Waals surface area contributed by atoms with E-state index in [1.165, 1.54) is 12.4 Å². The predicted molar refractivity (Wildman–Crippen MR) is 145 cm³/mol. The number of nitrogens with one attached hydrogen (secondary N) is 1. The Balaban J connectivity index is 1.26. The number of ether oxygens (including phenoxy) is 1. The van der Waals surface area contributed by atoms with Crippen LogP contribution in [0.15, 0.2) is 55.0 Å². The molecular weight excluding hydrogens is 480 g/mol. The van der Waals surface area contributed by atoms with E-state index in [4.69, 9.17) is 4.74 Å². The lowest BCUT2D eigenvalue weighted by Gasteiger charge is -2.12. The maximum absolute atomic E-state index is 11.9. The first kappa shape index (κ1) is 23.8. The molecule has 3 atom stereocenters. The number of aryl methyl sites for hydroxylation is 2. The molecule has 4 aromatic rings. The highest BCUT2D eigenvalue weighted by molar-refractivity contribution is 5.93. The number of nitro benzene ring substituents is 1. The molecule has 0 amide bonds. The number of anilines is 2. The fraction of sp³-hybridized carbons (Fsp3) is 0.276. The molecule has 1 N–H and O–H groups in total. The second-order valence-corrected chi connectivity index (χ2v) is 10.1. The van der Waals surface area contributed by atoms with Gasteiger partial charge < -0.3 is 15.0 Å². The fourth-order valence-corrected chi connectivity index (χ4v) is 5.17. The summed E-state index contributed by atoms with van der Waals surface area (Å²) in [7, 11) is 2.11. The van der Waals surface area contributed by atoms with Gasteiger partial charge in [-0.1, -0.05) is 11.8 Å². The third-order valence-corrected chi connectivity index (χ3v) is 7.25. The van der Waals surface area contributed by atoms with Gasteiger partial charge in [0.2, 0.25) is 0 Å². The van der Waals surface area contributed by atoms with Crippen molar-refractivity contribution in [3.63, 3.8) is 0 Å². The molecule has 1 saturated carbocycles. The topological polar surface area (TPSA) is 106 Å². The van der Waals surface area contributed by atoms with Gasteiger partial charge in [0.25, 0.3) is 5.69 Å². The molecule has 2 fully saturated rings. The standard InChI is InChI=1S/C29H26N6O3/c1-17-10-20(6-9-28(17)38-21-7-4-18(2)30-13-21)33-29-23-12-27(35(36)37)19(11-26(23)31-16-32-29)5-8-22-24-14-34(3)15-25(22)24/h4,6-7,9-13,16,22,24-25H,14-15H2,1-3H3,(H,31,32,33)/t22-,24-,25+. The van der Waals surface area contributed by atoms with Crippen molar-refractivity contribution in [1.82, 2.24) is 19.9 Å². The Labute approximate surface area is 220 Å². The molecule has 190 valence electrons. The first-order valence-corrected chi connectivity index (χ1v) is 12.5. The summed E-state index contributed by atoms with van der Waals surface area (Å²) in [6.45, 7) is 5.96. The number of aromatic nitrogens is 3. The molecule has 1 aliphatic carbocycles. The molecule has 2 aromatic heterocycles. The monoisotopic (exact) mass is 506 g/mol. The van der Waals surface area contributed by atoms with Crippen molar-refractivity contribution in [2.24, 2.45) is 17.8 Å². The largest absolute Gasteiger partial charge is 0.455 e. The minimum atomic E-state index is -0.391. The van der Waals surface area contributed by atoms with E-state index < -0.39 is 4.92 Å². The van der Waals surface area contributed by atoms with Gasteiger partial charge in [-0.3, -0.25) is 15.1 Å². The summed E-state index contributed by atoms with van der Waals surface area (Å²) in [5, 5.41) is 15.8. The Kier molecular flexibility index (Phi) is 5.89. The van der Waals surface area contributed by atoms with Crippen molar-refractivity contribution in [1.29, 1.82) is 0 Å². The van der Waals surface area contributed by atoms with Crippen LogP contribution < -0.4 is 10.1 Å². The normalized spacial score (nSPS) is 19.9. The summed E-state index contributed by atoms with van der Waals surface area (Å²) in [6.07, 6.45) is 3.14. The van der Waals surface area contributed by atoms with Crippen LogP contribution in [-0.4, -0.2) is 44.9 Å². The highest BCUT2D eigenvalue weighted by atomic mass is 16.6. The van der Waals surface area contributed by atoms with Crippen LogP contribution in [-0.2, 0) is 0 Å². The van der Waals surface area contributed by atoms with Gasteiger partial charge >= 0.3 is 0 Å². The van der Waals surface area contributed by atoms with E-state index >= 15 is 0 Å². The van der Waals surface area contributed by atoms with E-state index in [2.05, 4.69) is 44.1 Å². The van der Waals surface area contributed by atoms with Crippen molar-refractivity contribution < 1.29 is 9.66 Å². The molecule has 0 bridgehead atoms. The Hall–Kier alpha value is -4.55. The smallest absolute Gasteiger partial charge is 0.285 e. The Morgan fingerprint density at radius 2 is 1.89 bits per heavy atom. The Bertz CT molecular complexity index is 1610. The zero-order valence-corrected chi connectivity index (χ0v) is 21.3. The molecular formula is C29H26N6O3. The van der Waals surface area contributed by atoms with Crippen molar-refractivity contribution in [3.05, 3.63) is 81.9 Å². The average molecular weight is 507 g/mol. The maximum atomic E-state index is 11.9. The van der Waals surface area contributed by atoms with Gasteiger partial charge in [0.1, 0.15) is 29.2 Å². The first-order chi connectivity index (χ1) is 18.4. The Morgan fingerprint density at radius 3 is 2.61 bits per heavy atom. The van der Waals surface area contributed by atoms with Crippen LogP contribution >= 0.6 is 0 Å². The fourth-order valence-electron chi connectivity index (χ4n) is 5.17. The summed E-state index contributed by atoms with van der Waals surface area (Å²) < 4.78 is 5.96. The van der Waals surface area contributed by atoms with Crippen LogP contribution in [0, 0.1) is 53.6 Å². The minimum Gasteiger partial charge on any atom is -0.455 e. The van der Waals surface area contributed by atoms with E-state index in [9.17, 15) is 10.1 Å². The van der Waals surface area contributed by atoms with Crippen LogP contribution in [0.5, 0.6) is 11.5 Å². The molecule has 0 spiro atoms. The minimum absolute atomic E-state index is 0.0441. The number of benzene rings is 2. The maximum Gasteiger partial charge on any atom is 0.285 e. The lowest BCUT2D eigenvalue weighted by atomic mass is 10.1. The molecule has 2 aliphatic rings. The van der Waals surface area contributed by atoms with Gasteiger partial charge in [-0.2, -0.15) is 0 Å². The van der Waals surface area contributed by atoms with Crippen LogP contribution in [0.3, 0.4) is 0 Å². The van der Waals surface area contributed by atoms with E-state index in [-0.39, 0.29) is 5.69 Å². The van der Waals surface area contributed by atoms with Crippen molar-refractivity contribution in [2.75, 3.05) is 25.5 Å². The molecule has 38 heavy (non-hydrogen) atoms. The number of piperidine rings is 1. The van der Waals surface area contributed by atoms with Gasteiger partial charge in [0.15, 0.2) is 0 Å². The summed E-state index contributed by atoms with van der Waals surface area (Å²) in [5.74, 6) is 9.70. The number of hydrogen-bond donors (Lipinski definition) is 1. The molecule has 2 aromatic carbocycles. The highest BCUT2D eigenvalue weighted by Gasteiger charge is 2.54. The predicted octanol–water partition coefficient (Wildman–Crippen LogP) is 5.24. The van der Waals surface area contributed by atoms with Crippen LogP contribution in [0.2, 0.25) is 0 Å². The summed E-state index contributed by atoms with van der Waals surface area (Å²) in [6, 6.07) is 12.6. The number of nitrogens with zero attached hydrogens (tertiary/aromatic N) is 5. The quantitative estimate of drug-likeness (QED) is 0.222.